The molecule has 1 rings (SSSR count). The molecule has 1 aromatic rings. The van der Waals surface area contributed by atoms with Gasteiger partial charge in [0.05, 0.1) is 0 Å². The van der Waals surface area contributed by atoms with Crippen molar-refractivity contribution in [1.29, 1.82) is 0 Å². The van der Waals surface area contributed by atoms with Crippen molar-refractivity contribution in [2.45, 2.75) is 110 Å². The summed E-state index contributed by atoms with van der Waals surface area (Å²) in [5.41, 5.74) is 8.07. The number of amides is 1. The maximum Gasteiger partial charge on any atom is 0.279 e. The number of rotatable bonds is 14. The largest absolute Gasteiger partial charge is 0.508 e. The van der Waals surface area contributed by atoms with Gasteiger partial charge in [-0.15, -0.1) is 0 Å². The highest BCUT2D eigenvalue weighted by atomic mass is 16.5. The van der Waals surface area contributed by atoms with Gasteiger partial charge in [-0.05, 0) is 36.5 Å². The lowest BCUT2D eigenvalue weighted by Gasteiger charge is -2.22. The molecule has 0 saturated carbocycles. The molecule has 1 aromatic carbocycles. The van der Waals surface area contributed by atoms with E-state index in [4.69, 9.17) is 10.5 Å². The molecular weight excluding hydrogens is 350 g/mol. The molecule has 0 heterocycles. The van der Waals surface area contributed by atoms with Gasteiger partial charge in [0.1, 0.15) is 11.5 Å². The van der Waals surface area contributed by atoms with Crippen LogP contribution in [-0.4, -0.2) is 17.1 Å². The lowest BCUT2D eigenvalue weighted by atomic mass is 9.86. The van der Waals surface area contributed by atoms with Crippen LogP contribution >= 0.6 is 0 Å². The van der Waals surface area contributed by atoms with E-state index in [-0.39, 0.29) is 11.2 Å². The van der Waals surface area contributed by atoms with Crippen molar-refractivity contribution in [3.8, 4) is 11.5 Å². The fourth-order valence-corrected chi connectivity index (χ4v) is 3.41. The van der Waals surface area contributed by atoms with E-state index < -0.39 is 12.0 Å². The SMILES string of the molecule is CCCCCCCCCCCCC(Oc1ccc(O)c(C(C)(C)C)c1)C([NH])=O. The van der Waals surface area contributed by atoms with E-state index in [2.05, 4.69) is 6.92 Å². The molecule has 1 radical (unpaired) electrons. The van der Waals surface area contributed by atoms with Crippen LogP contribution in [0.2, 0.25) is 0 Å². The number of nitrogens with one attached hydrogen (secondary N) is 1. The molecule has 0 bridgehead atoms. The standard InChI is InChI=1S/C24H40NO3/c1-5-6-7-8-9-10-11-12-13-14-15-22(23(25)27)28-19-16-17-21(26)20(18-19)24(2,3)4/h16-18,22,25-26H,5-15H2,1-4H3. The molecule has 0 saturated heterocycles. The highest BCUT2D eigenvalue weighted by Gasteiger charge is 2.22. The number of hydrogen-bond acceptors (Lipinski definition) is 3. The van der Waals surface area contributed by atoms with E-state index in [1.54, 1.807) is 18.2 Å². The molecule has 0 aliphatic carbocycles. The van der Waals surface area contributed by atoms with Crippen molar-refractivity contribution >= 4 is 5.91 Å². The predicted molar refractivity (Wildman–Crippen MR) is 116 cm³/mol. The van der Waals surface area contributed by atoms with Gasteiger partial charge in [-0.25, -0.2) is 0 Å². The van der Waals surface area contributed by atoms with E-state index in [9.17, 15) is 9.90 Å². The highest BCUT2D eigenvalue weighted by Crippen LogP contribution is 2.34. The molecule has 1 unspecified atom stereocenters. The van der Waals surface area contributed by atoms with Crippen molar-refractivity contribution in [3.05, 3.63) is 23.8 Å². The van der Waals surface area contributed by atoms with Crippen LogP contribution in [0.15, 0.2) is 18.2 Å². The molecule has 1 atom stereocenters. The van der Waals surface area contributed by atoms with Crippen LogP contribution in [0.3, 0.4) is 0 Å². The second-order valence-corrected chi connectivity index (χ2v) is 8.87. The monoisotopic (exact) mass is 390 g/mol. The molecule has 0 aromatic heterocycles. The molecule has 0 fully saturated rings. The fourth-order valence-electron chi connectivity index (χ4n) is 3.41. The van der Waals surface area contributed by atoms with Gasteiger partial charge in [0, 0.05) is 5.56 Å². The van der Waals surface area contributed by atoms with Gasteiger partial charge in [-0.3, -0.25) is 10.5 Å². The average Bonchev–Trinajstić information content (AvgIpc) is 2.62. The molecule has 0 spiro atoms. The number of carbonyl (C=O) groups is 1. The first-order chi connectivity index (χ1) is 13.3. The van der Waals surface area contributed by atoms with Crippen molar-refractivity contribution in [1.82, 2.24) is 5.73 Å². The number of unbranched alkanes of at least 4 members (excludes halogenated alkanes) is 9. The van der Waals surface area contributed by atoms with Gasteiger partial charge in [0.15, 0.2) is 6.10 Å². The summed E-state index contributed by atoms with van der Waals surface area (Å²) in [5, 5.41) is 10.1. The molecule has 28 heavy (non-hydrogen) atoms. The first-order valence-electron chi connectivity index (χ1n) is 11.0. The van der Waals surface area contributed by atoms with Crippen molar-refractivity contribution < 1.29 is 14.6 Å². The maximum atomic E-state index is 11.7. The van der Waals surface area contributed by atoms with Gasteiger partial charge >= 0.3 is 0 Å². The van der Waals surface area contributed by atoms with Crippen molar-refractivity contribution in [2.75, 3.05) is 0 Å². The number of aromatic hydroxyl groups is 1. The van der Waals surface area contributed by atoms with Gasteiger partial charge in [-0.1, -0.05) is 85.5 Å². The van der Waals surface area contributed by atoms with Gasteiger partial charge in [0.2, 0.25) is 0 Å². The lowest BCUT2D eigenvalue weighted by molar-refractivity contribution is -0.125. The Morgan fingerprint density at radius 1 is 1.00 bits per heavy atom. The Balaban J connectivity index is 2.37. The minimum atomic E-state index is -0.730. The number of carbonyl (C=O) groups excluding carboxylic acids is 1. The number of ether oxygens (including phenoxy) is 1. The smallest absolute Gasteiger partial charge is 0.279 e. The molecule has 0 aliphatic heterocycles. The number of phenolic OH excluding ortho intramolecular Hbond substituents is 1. The molecule has 1 amide bonds. The maximum absolute atomic E-state index is 11.7. The Morgan fingerprint density at radius 3 is 2.04 bits per heavy atom. The Morgan fingerprint density at radius 2 is 1.54 bits per heavy atom. The van der Waals surface area contributed by atoms with Crippen LogP contribution in [0.4, 0.5) is 0 Å². The summed E-state index contributed by atoms with van der Waals surface area (Å²) >= 11 is 0. The number of hydrogen-bond donors (Lipinski definition) is 1. The molecule has 4 heteroatoms. The first-order valence-corrected chi connectivity index (χ1v) is 11.0. The summed E-state index contributed by atoms with van der Waals surface area (Å²) in [6, 6.07) is 5.05. The van der Waals surface area contributed by atoms with Crippen LogP contribution in [0, 0.1) is 0 Å². The fraction of sp³-hybridized carbons (Fsp3) is 0.708. The molecule has 159 valence electrons. The van der Waals surface area contributed by atoms with Crippen molar-refractivity contribution in [3.63, 3.8) is 0 Å². The van der Waals surface area contributed by atoms with Crippen LogP contribution < -0.4 is 10.5 Å². The highest BCUT2D eigenvalue weighted by molar-refractivity contribution is 5.78. The predicted octanol–water partition coefficient (Wildman–Crippen LogP) is 6.56. The summed E-state index contributed by atoms with van der Waals surface area (Å²) in [6.45, 7) is 8.29. The van der Waals surface area contributed by atoms with E-state index in [1.165, 1.54) is 51.4 Å². The number of phenols is 1. The minimum Gasteiger partial charge on any atom is -0.508 e. The normalized spacial score (nSPS) is 12.7. The third-order valence-corrected chi connectivity index (χ3v) is 5.17. The van der Waals surface area contributed by atoms with Gasteiger partial charge < -0.3 is 9.84 Å². The molecule has 0 aliphatic rings. The zero-order valence-corrected chi connectivity index (χ0v) is 18.4. The Kier molecular flexibility index (Phi) is 11.0. The summed E-state index contributed by atoms with van der Waals surface area (Å²) in [6.07, 6.45) is 12.2. The molecule has 2 N–H and O–H groups in total. The van der Waals surface area contributed by atoms with Crippen LogP contribution in [0.25, 0.3) is 0 Å². The third kappa shape index (κ3) is 9.48. The number of benzene rings is 1. The van der Waals surface area contributed by atoms with E-state index in [1.807, 2.05) is 20.8 Å². The third-order valence-electron chi connectivity index (χ3n) is 5.17. The van der Waals surface area contributed by atoms with Crippen molar-refractivity contribution in [2.24, 2.45) is 0 Å². The molecule has 4 nitrogen and oxygen atoms in total. The summed E-state index contributed by atoms with van der Waals surface area (Å²) in [4.78, 5) is 11.7. The van der Waals surface area contributed by atoms with E-state index >= 15 is 0 Å². The van der Waals surface area contributed by atoms with E-state index in [0.717, 1.165) is 18.4 Å². The quantitative estimate of drug-likeness (QED) is 0.366. The second kappa shape index (κ2) is 12.7. The van der Waals surface area contributed by atoms with Gasteiger partial charge in [-0.2, -0.15) is 0 Å². The Hall–Kier alpha value is -1.71. The zero-order valence-electron chi connectivity index (χ0n) is 18.4. The summed E-state index contributed by atoms with van der Waals surface area (Å²) < 4.78 is 5.80. The zero-order chi connectivity index (χ0) is 21.0. The lowest BCUT2D eigenvalue weighted by Crippen LogP contribution is -2.28. The van der Waals surface area contributed by atoms with Crippen LogP contribution in [-0.2, 0) is 10.2 Å². The van der Waals surface area contributed by atoms with E-state index in [0.29, 0.717) is 12.2 Å². The Labute approximate surface area is 171 Å². The van der Waals surface area contributed by atoms with Crippen LogP contribution in [0.1, 0.15) is 104 Å². The topological polar surface area (TPSA) is 70.3 Å². The second-order valence-electron chi connectivity index (χ2n) is 8.87. The minimum absolute atomic E-state index is 0.222. The summed E-state index contributed by atoms with van der Waals surface area (Å²) in [7, 11) is 0. The van der Waals surface area contributed by atoms with Gasteiger partial charge in [0.25, 0.3) is 5.91 Å². The van der Waals surface area contributed by atoms with Crippen LogP contribution in [0.5, 0.6) is 11.5 Å². The first kappa shape index (κ1) is 24.3. The molecular formula is C24H40NO3. The average molecular weight is 391 g/mol. The summed E-state index contributed by atoms with van der Waals surface area (Å²) in [5.74, 6) is 0.0880. The Bertz CT molecular complexity index is 578.